The van der Waals surface area contributed by atoms with Crippen molar-refractivity contribution >= 4 is 0 Å². The lowest BCUT2D eigenvalue weighted by Gasteiger charge is -2.36. The highest BCUT2D eigenvalue weighted by Gasteiger charge is 2.24. The average Bonchev–Trinajstić information content (AvgIpc) is 3.17. The zero-order valence-electron chi connectivity index (χ0n) is 14.7. The molecule has 1 aromatic rings. The average molecular weight is 316 g/mol. The van der Waals surface area contributed by atoms with Crippen LogP contribution in [-0.2, 0) is 13.1 Å². The van der Waals surface area contributed by atoms with Gasteiger partial charge in [-0.1, -0.05) is 12.5 Å². The first kappa shape index (κ1) is 16.7. The van der Waals surface area contributed by atoms with Crippen LogP contribution >= 0.6 is 0 Å². The molecule has 1 aromatic heterocycles. The molecule has 3 heterocycles. The maximum Gasteiger partial charge on any atom is 0.0638 e. The predicted molar refractivity (Wildman–Crippen MR) is 95.5 cm³/mol. The van der Waals surface area contributed by atoms with Crippen LogP contribution in [0.5, 0.6) is 0 Å². The van der Waals surface area contributed by atoms with E-state index in [0.717, 1.165) is 19.1 Å². The fourth-order valence-electron chi connectivity index (χ4n) is 4.09. The van der Waals surface area contributed by atoms with E-state index in [9.17, 15) is 0 Å². The number of nitrogens with zero attached hydrogens (tertiary/aromatic N) is 4. The van der Waals surface area contributed by atoms with Gasteiger partial charge in [-0.3, -0.25) is 9.58 Å². The standard InChI is InChI=1S/C19H32N4/c1-3-10-23-16-18(17(2)20-23)15-22-13-5-4-8-19(22)9-14-21-11-6-7-12-21/h3,16,19H,1,4-15H2,2H3/t19-/m1/s1. The maximum atomic E-state index is 4.61. The molecule has 2 fully saturated rings. The molecule has 0 radical (unpaired) electrons. The van der Waals surface area contributed by atoms with Crippen molar-refractivity contribution in [2.24, 2.45) is 0 Å². The summed E-state index contributed by atoms with van der Waals surface area (Å²) >= 11 is 0. The molecule has 4 nitrogen and oxygen atoms in total. The summed E-state index contributed by atoms with van der Waals surface area (Å²) in [6.45, 7) is 13.0. The molecule has 128 valence electrons. The Bertz CT molecular complexity index is 501. The molecular formula is C19H32N4. The van der Waals surface area contributed by atoms with E-state index in [-0.39, 0.29) is 0 Å². The molecule has 0 aliphatic carbocycles. The first-order valence-corrected chi connectivity index (χ1v) is 9.36. The molecule has 0 aromatic carbocycles. The van der Waals surface area contributed by atoms with Gasteiger partial charge >= 0.3 is 0 Å². The summed E-state index contributed by atoms with van der Waals surface area (Å²) in [5.41, 5.74) is 2.57. The van der Waals surface area contributed by atoms with Gasteiger partial charge in [0.2, 0.25) is 0 Å². The largest absolute Gasteiger partial charge is 0.303 e. The van der Waals surface area contributed by atoms with E-state index in [0.29, 0.717) is 0 Å². The summed E-state index contributed by atoms with van der Waals surface area (Å²) in [5.74, 6) is 0. The molecule has 0 N–H and O–H groups in total. The van der Waals surface area contributed by atoms with E-state index in [1.165, 1.54) is 76.0 Å². The Labute approximate surface area is 141 Å². The molecule has 2 aliphatic rings. The van der Waals surface area contributed by atoms with Crippen LogP contribution in [0.2, 0.25) is 0 Å². The molecular weight excluding hydrogens is 284 g/mol. The lowest BCUT2D eigenvalue weighted by Crippen LogP contribution is -2.41. The number of hydrogen-bond donors (Lipinski definition) is 0. The van der Waals surface area contributed by atoms with Crippen molar-refractivity contribution in [1.82, 2.24) is 19.6 Å². The first-order valence-electron chi connectivity index (χ1n) is 9.36. The Morgan fingerprint density at radius 1 is 1.22 bits per heavy atom. The van der Waals surface area contributed by atoms with Gasteiger partial charge in [0.1, 0.15) is 0 Å². The van der Waals surface area contributed by atoms with E-state index in [1.54, 1.807) is 0 Å². The zero-order chi connectivity index (χ0) is 16.1. The van der Waals surface area contributed by atoms with Crippen LogP contribution in [0.3, 0.4) is 0 Å². The summed E-state index contributed by atoms with van der Waals surface area (Å²) in [6.07, 6.45) is 12.4. The normalized spacial score (nSPS) is 23.4. The second-order valence-electron chi connectivity index (χ2n) is 7.21. The molecule has 0 bridgehead atoms. The smallest absolute Gasteiger partial charge is 0.0638 e. The molecule has 0 saturated carbocycles. The third-order valence-corrected chi connectivity index (χ3v) is 5.46. The van der Waals surface area contributed by atoms with Gasteiger partial charge in [0.15, 0.2) is 0 Å². The summed E-state index contributed by atoms with van der Waals surface area (Å²) in [5, 5.41) is 4.61. The topological polar surface area (TPSA) is 24.3 Å². The second kappa shape index (κ2) is 8.11. The van der Waals surface area contributed by atoms with E-state index in [4.69, 9.17) is 0 Å². The quantitative estimate of drug-likeness (QED) is 0.722. The van der Waals surface area contributed by atoms with Crippen molar-refractivity contribution in [3.05, 3.63) is 30.1 Å². The van der Waals surface area contributed by atoms with Gasteiger partial charge in [0.05, 0.1) is 12.2 Å². The highest BCUT2D eigenvalue weighted by Crippen LogP contribution is 2.23. The Balaban J connectivity index is 1.58. The van der Waals surface area contributed by atoms with Crippen molar-refractivity contribution in [2.75, 3.05) is 26.2 Å². The number of likely N-dealkylation sites (tertiary alicyclic amines) is 2. The molecule has 2 saturated heterocycles. The Morgan fingerprint density at radius 2 is 2.00 bits per heavy atom. The second-order valence-corrected chi connectivity index (χ2v) is 7.21. The summed E-state index contributed by atoms with van der Waals surface area (Å²) in [7, 11) is 0. The maximum absolute atomic E-state index is 4.61. The van der Waals surface area contributed by atoms with E-state index >= 15 is 0 Å². The number of aryl methyl sites for hydroxylation is 1. The number of aromatic nitrogens is 2. The lowest BCUT2D eigenvalue weighted by molar-refractivity contribution is 0.121. The number of rotatable bonds is 7. The minimum atomic E-state index is 0.756. The molecule has 3 rings (SSSR count). The van der Waals surface area contributed by atoms with Crippen LogP contribution in [0.4, 0.5) is 0 Å². The van der Waals surface area contributed by atoms with Crippen LogP contribution in [0.15, 0.2) is 18.9 Å². The Morgan fingerprint density at radius 3 is 2.78 bits per heavy atom. The minimum absolute atomic E-state index is 0.756. The van der Waals surface area contributed by atoms with Crippen LogP contribution in [0.25, 0.3) is 0 Å². The minimum Gasteiger partial charge on any atom is -0.303 e. The van der Waals surface area contributed by atoms with Gasteiger partial charge < -0.3 is 4.90 Å². The third-order valence-electron chi connectivity index (χ3n) is 5.46. The molecule has 0 unspecified atom stereocenters. The third kappa shape index (κ3) is 4.45. The Kier molecular flexibility index (Phi) is 5.90. The number of allylic oxidation sites excluding steroid dienone is 1. The van der Waals surface area contributed by atoms with Crippen molar-refractivity contribution in [3.63, 3.8) is 0 Å². The Hall–Kier alpha value is -1.13. The van der Waals surface area contributed by atoms with E-state index in [1.807, 2.05) is 10.8 Å². The molecule has 4 heteroatoms. The van der Waals surface area contributed by atoms with Crippen molar-refractivity contribution in [2.45, 2.75) is 64.6 Å². The first-order chi connectivity index (χ1) is 11.3. The van der Waals surface area contributed by atoms with Gasteiger partial charge in [-0.05, 0) is 65.2 Å². The molecule has 2 aliphatic heterocycles. The predicted octanol–water partition coefficient (Wildman–Crippen LogP) is 3.22. The van der Waals surface area contributed by atoms with E-state index in [2.05, 4.69) is 34.6 Å². The monoisotopic (exact) mass is 316 g/mol. The SMILES string of the molecule is C=CCn1cc(CN2CCCC[C@@H]2CCN2CCCC2)c(C)n1. The zero-order valence-corrected chi connectivity index (χ0v) is 14.7. The van der Waals surface area contributed by atoms with Crippen molar-refractivity contribution < 1.29 is 0 Å². The number of hydrogen-bond acceptors (Lipinski definition) is 3. The fraction of sp³-hybridized carbons (Fsp3) is 0.737. The highest BCUT2D eigenvalue weighted by atomic mass is 15.3. The van der Waals surface area contributed by atoms with Gasteiger partial charge in [0.25, 0.3) is 0 Å². The molecule has 0 spiro atoms. The van der Waals surface area contributed by atoms with Crippen molar-refractivity contribution in [1.29, 1.82) is 0 Å². The lowest BCUT2D eigenvalue weighted by atomic mass is 9.98. The van der Waals surface area contributed by atoms with Crippen LogP contribution in [-0.4, -0.2) is 51.8 Å². The van der Waals surface area contributed by atoms with Crippen molar-refractivity contribution in [3.8, 4) is 0 Å². The number of piperidine rings is 1. The van der Waals surface area contributed by atoms with Crippen LogP contribution in [0, 0.1) is 6.92 Å². The molecule has 23 heavy (non-hydrogen) atoms. The summed E-state index contributed by atoms with van der Waals surface area (Å²) in [4.78, 5) is 5.36. The molecule has 1 atom stereocenters. The van der Waals surface area contributed by atoms with Gasteiger partial charge in [-0.25, -0.2) is 0 Å². The van der Waals surface area contributed by atoms with E-state index < -0.39 is 0 Å². The van der Waals surface area contributed by atoms with Gasteiger partial charge in [-0.2, -0.15) is 5.10 Å². The van der Waals surface area contributed by atoms with Crippen LogP contribution in [0.1, 0.15) is 49.8 Å². The fourth-order valence-corrected chi connectivity index (χ4v) is 4.09. The molecule has 0 amide bonds. The van der Waals surface area contributed by atoms with Gasteiger partial charge in [0, 0.05) is 24.3 Å². The van der Waals surface area contributed by atoms with Crippen LogP contribution < -0.4 is 0 Å². The van der Waals surface area contributed by atoms with Gasteiger partial charge in [-0.15, -0.1) is 6.58 Å². The summed E-state index contributed by atoms with van der Waals surface area (Å²) in [6, 6.07) is 0.756. The summed E-state index contributed by atoms with van der Waals surface area (Å²) < 4.78 is 2.01. The highest BCUT2D eigenvalue weighted by molar-refractivity contribution is 5.15.